The number of carbonyl (C=O) groups is 2. The van der Waals surface area contributed by atoms with E-state index >= 15 is 0 Å². The van der Waals surface area contributed by atoms with Crippen molar-refractivity contribution in [2.75, 3.05) is 63.8 Å². The van der Waals surface area contributed by atoms with Gasteiger partial charge in [0.1, 0.15) is 0 Å². The van der Waals surface area contributed by atoms with E-state index in [0.717, 1.165) is 38.5 Å². The second-order valence-corrected chi connectivity index (χ2v) is 5.83. The third-order valence-electron chi connectivity index (χ3n) is 4.38. The number of rotatable bonds is 4. The summed E-state index contributed by atoms with van der Waals surface area (Å²) in [7, 11) is 0. The van der Waals surface area contributed by atoms with E-state index in [1.165, 1.54) is 0 Å². The van der Waals surface area contributed by atoms with Crippen molar-refractivity contribution in [3.05, 3.63) is 18.5 Å². The van der Waals surface area contributed by atoms with Gasteiger partial charge in [-0.1, -0.05) is 0 Å². The summed E-state index contributed by atoms with van der Waals surface area (Å²) in [4.78, 5) is 39.5. The van der Waals surface area contributed by atoms with Gasteiger partial charge in [-0.25, -0.2) is 9.97 Å². The third kappa shape index (κ3) is 3.95. The molecule has 0 unspecified atom stereocenters. The highest BCUT2D eigenvalue weighted by Crippen LogP contribution is 2.10. The maximum Gasteiger partial charge on any atom is 0.236 e. The van der Waals surface area contributed by atoms with E-state index < -0.39 is 0 Å². The van der Waals surface area contributed by atoms with Crippen LogP contribution in [0.15, 0.2) is 18.5 Å². The zero-order valence-corrected chi connectivity index (χ0v) is 13.2. The molecule has 0 spiro atoms. The first-order valence-corrected chi connectivity index (χ1v) is 7.98. The first-order valence-electron chi connectivity index (χ1n) is 7.98. The molecule has 0 atom stereocenters. The lowest BCUT2D eigenvalue weighted by Gasteiger charge is -2.37. The Kier molecular flexibility index (Phi) is 5.02. The summed E-state index contributed by atoms with van der Waals surface area (Å²) >= 11 is 0. The molecule has 0 bridgehead atoms. The topological polar surface area (TPSA) is 72.9 Å². The largest absolute Gasteiger partial charge is 0.343 e. The van der Waals surface area contributed by atoms with Crippen LogP contribution in [0.25, 0.3) is 0 Å². The van der Waals surface area contributed by atoms with Crippen molar-refractivity contribution in [1.29, 1.82) is 0 Å². The van der Waals surface area contributed by atoms with E-state index in [-0.39, 0.29) is 5.91 Å². The quantitative estimate of drug-likeness (QED) is 0.656. The van der Waals surface area contributed by atoms with Crippen LogP contribution >= 0.6 is 0 Å². The lowest BCUT2D eigenvalue weighted by Crippen LogP contribution is -2.53. The summed E-state index contributed by atoms with van der Waals surface area (Å²) < 4.78 is 0. The van der Waals surface area contributed by atoms with E-state index in [2.05, 4.69) is 19.8 Å². The molecule has 8 heteroatoms. The van der Waals surface area contributed by atoms with Gasteiger partial charge in [-0.05, 0) is 6.07 Å². The molecule has 1 aromatic rings. The maximum absolute atomic E-state index is 12.4. The fourth-order valence-electron chi connectivity index (χ4n) is 2.93. The van der Waals surface area contributed by atoms with Crippen molar-refractivity contribution in [2.45, 2.75) is 0 Å². The molecule has 0 N–H and O–H groups in total. The Morgan fingerprint density at radius 2 is 1.65 bits per heavy atom. The average Bonchev–Trinajstić information content (AvgIpc) is 2.63. The molecule has 2 saturated heterocycles. The molecule has 0 aliphatic carbocycles. The van der Waals surface area contributed by atoms with Gasteiger partial charge in [-0.2, -0.15) is 0 Å². The van der Waals surface area contributed by atoms with Crippen molar-refractivity contribution in [2.24, 2.45) is 0 Å². The van der Waals surface area contributed by atoms with Gasteiger partial charge in [0.15, 0.2) is 0 Å². The van der Waals surface area contributed by atoms with Crippen LogP contribution < -0.4 is 4.90 Å². The Labute approximate surface area is 135 Å². The van der Waals surface area contributed by atoms with Gasteiger partial charge < -0.3 is 14.7 Å². The van der Waals surface area contributed by atoms with Crippen LogP contribution in [0.5, 0.6) is 0 Å². The van der Waals surface area contributed by atoms with Crippen LogP contribution in [0, 0.1) is 0 Å². The molecule has 3 rings (SSSR count). The molecule has 2 fully saturated rings. The molecule has 3 heterocycles. The Morgan fingerprint density at radius 3 is 2.26 bits per heavy atom. The molecule has 0 aromatic carbocycles. The minimum Gasteiger partial charge on any atom is -0.343 e. The van der Waals surface area contributed by atoms with Gasteiger partial charge >= 0.3 is 0 Å². The Morgan fingerprint density at radius 1 is 1.00 bits per heavy atom. The van der Waals surface area contributed by atoms with Crippen molar-refractivity contribution < 1.29 is 9.59 Å². The summed E-state index contributed by atoms with van der Waals surface area (Å²) in [5.41, 5.74) is 0. The molecule has 2 aliphatic rings. The number of anilines is 1. The molecule has 23 heavy (non-hydrogen) atoms. The number of nitrogens with zero attached hydrogens (tertiary/aromatic N) is 6. The number of hydrogen-bond acceptors (Lipinski definition) is 6. The molecular weight excluding hydrogens is 296 g/mol. The number of aromatic nitrogens is 2. The van der Waals surface area contributed by atoms with E-state index in [4.69, 9.17) is 0 Å². The van der Waals surface area contributed by atoms with Crippen LogP contribution in [0.4, 0.5) is 5.95 Å². The summed E-state index contributed by atoms with van der Waals surface area (Å²) in [5, 5.41) is 0. The van der Waals surface area contributed by atoms with Gasteiger partial charge in [-0.15, -0.1) is 0 Å². The second-order valence-electron chi connectivity index (χ2n) is 5.83. The third-order valence-corrected chi connectivity index (χ3v) is 4.38. The molecular formula is C15H22N6O2. The van der Waals surface area contributed by atoms with E-state index in [0.29, 0.717) is 32.7 Å². The highest BCUT2D eigenvalue weighted by molar-refractivity contribution is 5.78. The van der Waals surface area contributed by atoms with Crippen LogP contribution in [-0.4, -0.2) is 95.9 Å². The van der Waals surface area contributed by atoms with Gasteiger partial charge in [0.2, 0.25) is 18.3 Å². The lowest BCUT2D eigenvalue weighted by atomic mass is 10.3. The van der Waals surface area contributed by atoms with Gasteiger partial charge in [0, 0.05) is 64.8 Å². The number of carbonyl (C=O) groups excluding carboxylic acids is 2. The predicted octanol–water partition coefficient (Wildman–Crippen LogP) is -1.10. The smallest absolute Gasteiger partial charge is 0.236 e. The summed E-state index contributed by atoms with van der Waals surface area (Å²) in [6.07, 6.45) is 4.35. The Hall–Kier alpha value is -2.22. The fourth-order valence-corrected chi connectivity index (χ4v) is 2.93. The molecule has 0 radical (unpaired) electrons. The zero-order valence-electron chi connectivity index (χ0n) is 13.2. The monoisotopic (exact) mass is 318 g/mol. The normalized spacial score (nSPS) is 19.7. The van der Waals surface area contributed by atoms with E-state index in [9.17, 15) is 9.59 Å². The predicted molar refractivity (Wildman–Crippen MR) is 84.9 cm³/mol. The highest BCUT2D eigenvalue weighted by atomic mass is 16.2. The van der Waals surface area contributed by atoms with Crippen LogP contribution in [0.3, 0.4) is 0 Å². The zero-order chi connectivity index (χ0) is 16.1. The van der Waals surface area contributed by atoms with Crippen molar-refractivity contribution in [3.63, 3.8) is 0 Å². The van der Waals surface area contributed by atoms with Crippen LogP contribution in [0.2, 0.25) is 0 Å². The van der Waals surface area contributed by atoms with E-state index in [1.807, 2.05) is 4.90 Å². The lowest BCUT2D eigenvalue weighted by molar-refractivity contribution is -0.133. The van der Waals surface area contributed by atoms with Gasteiger partial charge in [0.05, 0.1) is 6.54 Å². The maximum atomic E-state index is 12.4. The van der Waals surface area contributed by atoms with Crippen molar-refractivity contribution in [1.82, 2.24) is 24.7 Å². The first kappa shape index (κ1) is 15.7. The molecule has 1 aromatic heterocycles. The van der Waals surface area contributed by atoms with Gasteiger partial charge in [0.25, 0.3) is 0 Å². The van der Waals surface area contributed by atoms with Crippen molar-refractivity contribution >= 4 is 18.3 Å². The molecule has 2 amide bonds. The summed E-state index contributed by atoms with van der Waals surface area (Å²) in [6.45, 7) is 6.30. The van der Waals surface area contributed by atoms with Crippen LogP contribution in [0.1, 0.15) is 0 Å². The Balaban J connectivity index is 1.44. The second kappa shape index (κ2) is 7.36. The number of piperazine rings is 2. The highest BCUT2D eigenvalue weighted by Gasteiger charge is 2.25. The standard InChI is InChI=1S/C15H22N6O2/c22-13-19-6-4-18(5-7-19)12-14(23)20-8-10-21(11-9-20)15-16-2-1-3-17-15/h1-3,13H,4-12H2. The summed E-state index contributed by atoms with van der Waals surface area (Å²) in [5.74, 6) is 0.891. The van der Waals surface area contributed by atoms with Gasteiger partial charge in [-0.3, -0.25) is 14.5 Å². The SMILES string of the molecule is O=CN1CCN(CC(=O)N2CCN(c3ncccn3)CC2)CC1. The number of amides is 2. The fraction of sp³-hybridized carbons (Fsp3) is 0.600. The van der Waals surface area contributed by atoms with E-state index in [1.54, 1.807) is 23.4 Å². The van der Waals surface area contributed by atoms with Crippen LogP contribution in [-0.2, 0) is 9.59 Å². The Bertz CT molecular complexity index is 524. The molecule has 2 aliphatic heterocycles. The first-order chi connectivity index (χ1) is 11.3. The molecule has 124 valence electrons. The minimum atomic E-state index is 0.165. The molecule has 8 nitrogen and oxygen atoms in total. The minimum absolute atomic E-state index is 0.165. The number of hydrogen-bond donors (Lipinski definition) is 0. The van der Waals surface area contributed by atoms with Crippen molar-refractivity contribution in [3.8, 4) is 0 Å². The average molecular weight is 318 g/mol. The molecule has 0 saturated carbocycles. The summed E-state index contributed by atoms with van der Waals surface area (Å²) in [6, 6.07) is 1.80.